The number of thioether (sulfide) groups is 1. The SMILES string of the molecule is COC(=O)C(N)CSCCNC(C)=O. The highest BCUT2D eigenvalue weighted by atomic mass is 32.2. The number of carbonyl (C=O) groups is 2. The maximum Gasteiger partial charge on any atom is 0.323 e. The first kappa shape index (κ1) is 13.2. The van der Waals surface area contributed by atoms with Gasteiger partial charge in [-0.05, 0) is 0 Å². The largest absolute Gasteiger partial charge is 0.468 e. The van der Waals surface area contributed by atoms with Crippen LogP contribution in [0.25, 0.3) is 0 Å². The van der Waals surface area contributed by atoms with Crippen molar-refractivity contribution in [1.82, 2.24) is 5.32 Å². The van der Waals surface area contributed by atoms with Gasteiger partial charge in [-0.2, -0.15) is 11.8 Å². The van der Waals surface area contributed by atoms with Gasteiger partial charge in [0, 0.05) is 25.0 Å². The van der Waals surface area contributed by atoms with Crippen LogP contribution in [0.3, 0.4) is 0 Å². The molecule has 0 spiro atoms. The van der Waals surface area contributed by atoms with Crippen molar-refractivity contribution < 1.29 is 14.3 Å². The zero-order valence-corrected chi connectivity index (χ0v) is 9.23. The first-order chi connectivity index (χ1) is 6.57. The van der Waals surface area contributed by atoms with Gasteiger partial charge in [-0.3, -0.25) is 9.59 Å². The zero-order valence-electron chi connectivity index (χ0n) is 8.41. The number of ether oxygens (including phenoxy) is 1. The number of hydrogen-bond donors (Lipinski definition) is 2. The summed E-state index contributed by atoms with van der Waals surface area (Å²) in [6.45, 7) is 2.05. The van der Waals surface area contributed by atoms with Crippen LogP contribution in [0, 0.1) is 0 Å². The van der Waals surface area contributed by atoms with Gasteiger partial charge in [0.2, 0.25) is 5.91 Å². The molecule has 0 bridgehead atoms. The fourth-order valence-corrected chi connectivity index (χ4v) is 1.53. The highest BCUT2D eigenvalue weighted by Crippen LogP contribution is 2.01. The second-order valence-electron chi connectivity index (χ2n) is 2.69. The van der Waals surface area contributed by atoms with Crippen LogP contribution in [0.2, 0.25) is 0 Å². The fourth-order valence-electron chi connectivity index (χ4n) is 0.729. The molecule has 0 aromatic rings. The second-order valence-corrected chi connectivity index (χ2v) is 3.84. The molecule has 0 aromatic heterocycles. The summed E-state index contributed by atoms with van der Waals surface area (Å²) < 4.78 is 4.46. The topological polar surface area (TPSA) is 81.4 Å². The van der Waals surface area contributed by atoms with Crippen LogP contribution < -0.4 is 11.1 Å². The van der Waals surface area contributed by atoms with Crippen LogP contribution in [0.1, 0.15) is 6.92 Å². The Labute approximate surface area is 87.7 Å². The van der Waals surface area contributed by atoms with E-state index in [0.717, 1.165) is 5.75 Å². The highest BCUT2D eigenvalue weighted by Gasteiger charge is 2.12. The lowest BCUT2D eigenvalue weighted by Gasteiger charge is -2.08. The monoisotopic (exact) mass is 220 g/mol. The van der Waals surface area contributed by atoms with Crippen LogP contribution in [-0.4, -0.2) is 43.1 Å². The zero-order chi connectivity index (χ0) is 11.0. The third-order valence-electron chi connectivity index (χ3n) is 1.42. The molecule has 1 atom stereocenters. The van der Waals surface area contributed by atoms with E-state index in [1.165, 1.54) is 25.8 Å². The van der Waals surface area contributed by atoms with Crippen molar-refractivity contribution in [2.75, 3.05) is 25.2 Å². The fraction of sp³-hybridized carbons (Fsp3) is 0.750. The van der Waals surface area contributed by atoms with Gasteiger partial charge in [-0.1, -0.05) is 0 Å². The van der Waals surface area contributed by atoms with Crippen LogP contribution in [0.4, 0.5) is 0 Å². The number of nitrogens with two attached hydrogens (primary N) is 1. The minimum absolute atomic E-state index is 0.0529. The maximum absolute atomic E-state index is 10.9. The number of rotatable bonds is 6. The van der Waals surface area contributed by atoms with Crippen molar-refractivity contribution in [1.29, 1.82) is 0 Å². The Morgan fingerprint density at radius 3 is 2.71 bits per heavy atom. The Morgan fingerprint density at radius 2 is 2.21 bits per heavy atom. The lowest BCUT2D eigenvalue weighted by atomic mass is 10.4. The number of nitrogens with one attached hydrogen (secondary N) is 1. The Balaban J connectivity index is 3.36. The van der Waals surface area contributed by atoms with Crippen LogP contribution >= 0.6 is 11.8 Å². The molecule has 0 saturated carbocycles. The van der Waals surface area contributed by atoms with E-state index in [2.05, 4.69) is 10.1 Å². The lowest BCUT2D eigenvalue weighted by Crippen LogP contribution is -2.34. The second kappa shape index (κ2) is 7.64. The molecule has 0 fully saturated rings. The number of esters is 1. The molecular formula is C8H16N2O3S. The summed E-state index contributed by atoms with van der Waals surface area (Å²) in [6, 6.07) is -0.581. The summed E-state index contributed by atoms with van der Waals surface area (Å²) >= 11 is 1.51. The molecule has 0 aliphatic heterocycles. The van der Waals surface area contributed by atoms with Gasteiger partial charge in [0.25, 0.3) is 0 Å². The van der Waals surface area contributed by atoms with Crippen LogP contribution in [0.5, 0.6) is 0 Å². The van der Waals surface area contributed by atoms with Crippen LogP contribution in [-0.2, 0) is 14.3 Å². The van der Waals surface area contributed by atoms with Crippen molar-refractivity contribution in [3.05, 3.63) is 0 Å². The van der Waals surface area contributed by atoms with E-state index in [0.29, 0.717) is 12.3 Å². The normalized spacial score (nSPS) is 11.9. The quantitative estimate of drug-likeness (QED) is 0.459. The van der Waals surface area contributed by atoms with Gasteiger partial charge < -0.3 is 15.8 Å². The van der Waals surface area contributed by atoms with Gasteiger partial charge >= 0.3 is 5.97 Å². The van der Waals surface area contributed by atoms with Crippen LogP contribution in [0.15, 0.2) is 0 Å². The molecule has 14 heavy (non-hydrogen) atoms. The molecule has 1 unspecified atom stereocenters. The molecular weight excluding hydrogens is 204 g/mol. The standard InChI is InChI=1S/C8H16N2O3S/c1-6(11)10-3-4-14-5-7(9)8(12)13-2/h7H,3-5,9H2,1-2H3,(H,10,11). The average molecular weight is 220 g/mol. The molecule has 3 N–H and O–H groups in total. The molecule has 0 radical (unpaired) electrons. The number of hydrogen-bond acceptors (Lipinski definition) is 5. The molecule has 0 rings (SSSR count). The third-order valence-corrected chi connectivity index (χ3v) is 2.51. The molecule has 1 amide bonds. The van der Waals surface area contributed by atoms with Crippen molar-refractivity contribution in [2.24, 2.45) is 5.73 Å². The maximum atomic E-state index is 10.9. The average Bonchev–Trinajstić information content (AvgIpc) is 2.15. The van der Waals surface area contributed by atoms with Gasteiger partial charge in [0.15, 0.2) is 0 Å². The highest BCUT2D eigenvalue weighted by molar-refractivity contribution is 7.99. The van der Waals surface area contributed by atoms with E-state index < -0.39 is 12.0 Å². The molecule has 0 heterocycles. The van der Waals surface area contributed by atoms with Gasteiger partial charge in [0.1, 0.15) is 6.04 Å². The predicted octanol–water partition coefficient (Wildman–Crippen LogP) is -0.644. The number of carbonyl (C=O) groups excluding carboxylic acids is 2. The van der Waals surface area contributed by atoms with E-state index in [1.54, 1.807) is 0 Å². The number of methoxy groups -OCH3 is 1. The van der Waals surface area contributed by atoms with Gasteiger partial charge in [0.05, 0.1) is 7.11 Å². The first-order valence-corrected chi connectivity index (χ1v) is 5.39. The summed E-state index contributed by atoms with van der Waals surface area (Å²) in [6.07, 6.45) is 0. The minimum atomic E-state index is -0.581. The van der Waals surface area contributed by atoms with Gasteiger partial charge in [-0.25, -0.2) is 0 Å². The molecule has 0 aliphatic rings. The third kappa shape index (κ3) is 6.73. The summed E-state index contributed by atoms with van der Waals surface area (Å²) in [5, 5.41) is 2.65. The summed E-state index contributed by atoms with van der Waals surface area (Å²) in [5.41, 5.74) is 5.49. The van der Waals surface area contributed by atoms with E-state index in [4.69, 9.17) is 5.73 Å². The van der Waals surface area contributed by atoms with Crippen molar-refractivity contribution in [3.8, 4) is 0 Å². The summed E-state index contributed by atoms with van der Waals surface area (Å²) in [7, 11) is 1.31. The molecule has 0 aromatic carbocycles. The van der Waals surface area contributed by atoms with Crippen molar-refractivity contribution >= 4 is 23.6 Å². The number of amides is 1. The molecule has 0 aliphatic carbocycles. The Bertz CT molecular complexity index is 199. The predicted molar refractivity (Wildman–Crippen MR) is 56.0 cm³/mol. The Hall–Kier alpha value is -0.750. The first-order valence-electron chi connectivity index (χ1n) is 4.23. The minimum Gasteiger partial charge on any atom is -0.468 e. The van der Waals surface area contributed by atoms with Gasteiger partial charge in [-0.15, -0.1) is 0 Å². The molecule has 82 valence electrons. The summed E-state index contributed by atoms with van der Waals surface area (Å²) in [4.78, 5) is 21.3. The molecule has 0 saturated heterocycles. The van der Waals surface area contributed by atoms with E-state index in [-0.39, 0.29) is 5.91 Å². The lowest BCUT2D eigenvalue weighted by molar-refractivity contribution is -0.141. The van der Waals surface area contributed by atoms with E-state index in [1.807, 2.05) is 0 Å². The van der Waals surface area contributed by atoms with Crippen molar-refractivity contribution in [2.45, 2.75) is 13.0 Å². The van der Waals surface area contributed by atoms with E-state index >= 15 is 0 Å². The summed E-state index contributed by atoms with van der Waals surface area (Å²) in [5.74, 6) is 0.788. The smallest absolute Gasteiger partial charge is 0.323 e. The Morgan fingerprint density at radius 1 is 1.57 bits per heavy atom. The molecule has 5 nitrogen and oxygen atoms in total. The van der Waals surface area contributed by atoms with E-state index in [9.17, 15) is 9.59 Å². The van der Waals surface area contributed by atoms with Crippen molar-refractivity contribution in [3.63, 3.8) is 0 Å². The molecule has 6 heteroatoms. The Kier molecular flexibility index (Phi) is 7.23.